The number of aliphatic hydroxyl groups is 1. The molecular weight excluding hydrogens is 382 g/mol. The van der Waals surface area contributed by atoms with Gasteiger partial charge in [-0.1, -0.05) is 6.92 Å². The molecule has 1 aromatic rings. The Labute approximate surface area is 177 Å². The first-order valence-corrected chi connectivity index (χ1v) is 11.4. The van der Waals surface area contributed by atoms with E-state index in [1.165, 1.54) is 0 Å². The van der Waals surface area contributed by atoms with Crippen LogP contribution in [0.3, 0.4) is 0 Å². The number of fused-ring (bicyclic) bond motifs is 2. The quantitative estimate of drug-likeness (QED) is 0.605. The molecule has 7 heteroatoms. The van der Waals surface area contributed by atoms with Crippen LogP contribution in [-0.2, 0) is 17.6 Å². The number of likely N-dealkylation sites (tertiary alicyclic amines) is 1. The number of carbonyl (C=O) groups excluding carboxylic acids is 1. The number of benzene rings is 1. The van der Waals surface area contributed by atoms with Gasteiger partial charge in [-0.15, -0.1) is 0 Å². The second-order valence-corrected chi connectivity index (χ2v) is 9.49. The van der Waals surface area contributed by atoms with Crippen LogP contribution in [0.5, 0.6) is 5.75 Å². The maximum atomic E-state index is 12.9. The molecule has 0 bridgehead atoms. The predicted octanol–water partition coefficient (Wildman–Crippen LogP) is 1.22. The van der Waals surface area contributed by atoms with E-state index < -0.39 is 5.60 Å². The van der Waals surface area contributed by atoms with Gasteiger partial charge in [0.15, 0.2) is 0 Å². The molecule has 1 amide bonds. The second kappa shape index (κ2) is 7.70. The largest absolute Gasteiger partial charge is 0.492 e. The van der Waals surface area contributed by atoms with Crippen molar-refractivity contribution in [3.05, 3.63) is 22.8 Å². The zero-order valence-electron chi connectivity index (χ0n) is 17.8. The van der Waals surface area contributed by atoms with E-state index in [-0.39, 0.29) is 5.91 Å². The average Bonchev–Trinajstić information content (AvgIpc) is 3.09. The lowest BCUT2D eigenvalue weighted by molar-refractivity contribution is -0.0787. The number of hydrogen-bond donors (Lipinski definition) is 3. The number of nitrogens with zero attached hydrogens (tertiary/aromatic N) is 1. The summed E-state index contributed by atoms with van der Waals surface area (Å²) in [7, 11) is 0. The van der Waals surface area contributed by atoms with Crippen LogP contribution in [0.4, 0.5) is 5.69 Å². The van der Waals surface area contributed by atoms with Gasteiger partial charge in [0.05, 0.1) is 17.8 Å². The Morgan fingerprint density at radius 1 is 1.30 bits per heavy atom. The summed E-state index contributed by atoms with van der Waals surface area (Å²) in [5.41, 5.74) is 9.09. The Hall–Kier alpha value is -1.83. The highest BCUT2D eigenvalue weighted by Gasteiger charge is 2.56. The van der Waals surface area contributed by atoms with Gasteiger partial charge < -0.3 is 25.6 Å². The van der Waals surface area contributed by atoms with Crippen molar-refractivity contribution < 1.29 is 19.4 Å². The molecule has 0 radical (unpaired) electrons. The number of anilines is 1. The first kappa shape index (κ1) is 20.1. The van der Waals surface area contributed by atoms with Crippen molar-refractivity contribution in [3.8, 4) is 5.75 Å². The van der Waals surface area contributed by atoms with E-state index in [9.17, 15) is 9.90 Å². The summed E-state index contributed by atoms with van der Waals surface area (Å²) in [6.45, 7) is 7.47. The van der Waals surface area contributed by atoms with Gasteiger partial charge in [-0.25, -0.2) is 0 Å². The molecule has 0 aromatic heterocycles. The summed E-state index contributed by atoms with van der Waals surface area (Å²) in [5.74, 6) is 2.43. The summed E-state index contributed by atoms with van der Waals surface area (Å²) < 4.78 is 11.1. The molecule has 1 aliphatic carbocycles. The van der Waals surface area contributed by atoms with Crippen molar-refractivity contribution in [2.75, 3.05) is 51.7 Å². The zero-order chi connectivity index (χ0) is 20.9. The number of hydrogen-bond acceptors (Lipinski definition) is 6. The Morgan fingerprint density at radius 3 is 2.73 bits per heavy atom. The van der Waals surface area contributed by atoms with Crippen LogP contribution in [0.1, 0.15) is 41.3 Å². The second-order valence-electron chi connectivity index (χ2n) is 9.49. The van der Waals surface area contributed by atoms with Crippen LogP contribution in [-0.4, -0.2) is 67.5 Å². The first-order chi connectivity index (χ1) is 14.5. The molecule has 2 saturated heterocycles. The fraction of sp³-hybridized carbons (Fsp3) is 0.696. The van der Waals surface area contributed by atoms with Gasteiger partial charge in [-0.2, -0.15) is 0 Å². The van der Waals surface area contributed by atoms with E-state index in [0.29, 0.717) is 55.4 Å². The van der Waals surface area contributed by atoms with E-state index >= 15 is 0 Å². The van der Waals surface area contributed by atoms with E-state index in [1.54, 1.807) is 0 Å². The Balaban J connectivity index is 1.15. The van der Waals surface area contributed by atoms with Gasteiger partial charge in [-0.05, 0) is 35.8 Å². The van der Waals surface area contributed by atoms with Gasteiger partial charge in [-0.3, -0.25) is 9.69 Å². The third-order valence-electron chi connectivity index (χ3n) is 7.62. The minimum atomic E-state index is -0.592. The highest BCUT2D eigenvalue weighted by Crippen LogP contribution is 2.51. The summed E-state index contributed by atoms with van der Waals surface area (Å²) in [6.07, 6.45) is 3.04. The number of ether oxygens (including phenoxy) is 2. The molecule has 4 N–H and O–H groups in total. The van der Waals surface area contributed by atoms with Crippen molar-refractivity contribution in [2.45, 2.75) is 38.2 Å². The smallest absolute Gasteiger partial charge is 0.255 e. The standard InChI is InChI=1S/C23H33N3O4/c1-2-14-9-16(21-15(20(14)24)3-6-30-21)22(27)25-10-17-18-11-26(12-19(17)18)13-23(28)4-7-29-8-5-23/h9,17-19,28H,2-8,10-13,24H2,1H3,(H,25,27). The Kier molecular flexibility index (Phi) is 5.16. The number of piperidine rings is 1. The summed E-state index contributed by atoms with van der Waals surface area (Å²) >= 11 is 0. The normalized spacial score (nSPS) is 29.2. The summed E-state index contributed by atoms with van der Waals surface area (Å²) in [5, 5.41) is 13.9. The molecule has 3 aliphatic heterocycles. The highest BCUT2D eigenvalue weighted by atomic mass is 16.5. The van der Waals surface area contributed by atoms with Gasteiger partial charge in [0.1, 0.15) is 5.75 Å². The zero-order valence-corrected chi connectivity index (χ0v) is 17.8. The third kappa shape index (κ3) is 3.57. The Bertz CT molecular complexity index is 824. The third-order valence-corrected chi connectivity index (χ3v) is 7.62. The maximum absolute atomic E-state index is 12.9. The fourth-order valence-corrected chi connectivity index (χ4v) is 5.73. The van der Waals surface area contributed by atoms with Crippen LogP contribution in [0.15, 0.2) is 6.07 Å². The molecular formula is C23H33N3O4. The monoisotopic (exact) mass is 415 g/mol. The highest BCUT2D eigenvalue weighted by molar-refractivity contribution is 5.98. The number of aryl methyl sites for hydroxylation is 1. The molecule has 5 rings (SSSR count). The number of nitrogen functional groups attached to an aromatic ring is 1. The lowest BCUT2D eigenvalue weighted by atomic mass is 9.93. The van der Waals surface area contributed by atoms with Crippen molar-refractivity contribution >= 4 is 11.6 Å². The van der Waals surface area contributed by atoms with Crippen LogP contribution in [0, 0.1) is 17.8 Å². The molecule has 3 heterocycles. The van der Waals surface area contributed by atoms with E-state index in [2.05, 4.69) is 17.1 Å². The van der Waals surface area contributed by atoms with Crippen LogP contribution in [0.25, 0.3) is 0 Å². The molecule has 1 saturated carbocycles. The number of rotatable bonds is 6. The molecule has 0 spiro atoms. The molecule has 2 unspecified atom stereocenters. The molecule has 7 nitrogen and oxygen atoms in total. The first-order valence-electron chi connectivity index (χ1n) is 11.4. The molecule has 30 heavy (non-hydrogen) atoms. The van der Waals surface area contributed by atoms with Crippen molar-refractivity contribution in [1.29, 1.82) is 0 Å². The molecule has 3 fully saturated rings. The van der Waals surface area contributed by atoms with Gasteiger partial charge in [0, 0.05) is 69.9 Å². The SMILES string of the molecule is CCc1cc(C(=O)NCC2C3CN(CC4(O)CCOCC4)CC23)c2c(c1N)CCO2. The molecule has 4 aliphatic rings. The molecule has 1 aromatic carbocycles. The van der Waals surface area contributed by atoms with Crippen molar-refractivity contribution in [3.63, 3.8) is 0 Å². The van der Waals surface area contributed by atoms with Crippen molar-refractivity contribution in [1.82, 2.24) is 10.2 Å². The summed E-state index contributed by atoms with van der Waals surface area (Å²) in [6, 6.07) is 1.90. The minimum Gasteiger partial charge on any atom is -0.492 e. The number of nitrogens with one attached hydrogen (secondary N) is 1. The van der Waals surface area contributed by atoms with E-state index in [1.807, 2.05) is 6.07 Å². The maximum Gasteiger partial charge on any atom is 0.255 e. The van der Waals surface area contributed by atoms with Crippen LogP contribution >= 0.6 is 0 Å². The summed E-state index contributed by atoms with van der Waals surface area (Å²) in [4.78, 5) is 15.3. The van der Waals surface area contributed by atoms with Gasteiger partial charge >= 0.3 is 0 Å². The van der Waals surface area contributed by atoms with E-state index in [0.717, 1.165) is 62.1 Å². The van der Waals surface area contributed by atoms with Crippen LogP contribution in [0.2, 0.25) is 0 Å². The number of amides is 1. The number of carbonyl (C=O) groups is 1. The topological polar surface area (TPSA) is 97.1 Å². The minimum absolute atomic E-state index is 0.0544. The van der Waals surface area contributed by atoms with Crippen LogP contribution < -0.4 is 15.8 Å². The molecule has 164 valence electrons. The number of β-amino-alcohol motifs (C(OH)–C–C–N with tert-alkyl or cyclic N) is 1. The average molecular weight is 416 g/mol. The predicted molar refractivity (Wildman–Crippen MR) is 114 cm³/mol. The Morgan fingerprint density at radius 2 is 2.03 bits per heavy atom. The fourth-order valence-electron chi connectivity index (χ4n) is 5.73. The van der Waals surface area contributed by atoms with Gasteiger partial charge in [0.2, 0.25) is 0 Å². The lowest BCUT2D eigenvalue weighted by Gasteiger charge is -2.36. The molecule has 2 atom stereocenters. The van der Waals surface area contributed by atoms with E-state index in [4.69, 9.17) is 15.2 Å². The van der Waals surface area contributed by atoms with Crippen molar-refractivity contribution in [2.24, 2.45) is 17.8 Å². The number of nitrogens with two attached hydrogens (primary N) is 1. The van der Waals surface area contributed by atoms with Gasteiger partial charge in [0.25, 0.3) is 5.91 Å². The lowest BCUT2D eigenvalue weighted by Crippen LogP contribution is -2.47.